The van der Waals surface area contributed by atoms with Crippen molar-refractivity contribution in [1.29, 1.82) is 0 Å². The van der Waals surface area contributed by atoms with Crippen molar-refractivity contribution in [1.82, 2.24) is 0 Å². The molecule has 0 amide bonds. The Bertz CT molecular complexity index is 811. The van der Waals surface area contributed by atoms with Crippen LogP contribution in [0.25, 0.3) is 0 Å². The normalized spacial score (nSPS) is 14.3. The summed E-state index contributed by atoms with van der Waals surface area (Å²) < 4.78 is 0. The van der Waals surface area contributed by atoms with Gasteiger partial charge in [0.25, 0.3) is 0 Å². The monoisotopic (exact) mass is 391 g/mol. The lowest BCUT2D eigenvalue weighted by atomic mass is 9.64. The summed E-state index contributed by atoms with van der Waals surface area (Å²) >= 11 is 3.60. The van der Waals surface area contributed by atoms with Crippen molar-refractivity contribution in [2.24, 2.45) is 0 Å². The molecule has 1 aliphatic rings. The van der Waals surface area contributed by atoms with Crippen molar-refractivity contribution in [3.8, 4) is 0 Å². The molecule has 0 aromatic heterocycles. The summed E-state index contributed by atoms with van der Waals surface area (Å²) in [4.78, 5) is 0. The second kappa shape index (κ2) is 7.05. The van der Waals surface area contributed by atoms with E-state index < -0.39 is 0 Å². The van der Waals surface area contributed by atoms with Crippen LogP contribution in [-0.2, 0) is 5.41 Å². The Morgan fingerprint density at radius 1 is 0.680 bits per heavy atom. The average Bonchev–Trinajstić information content (AvgIpc) is 2.68. The van der Waals surface area contributed by atoms with Crippen molar-refractivity contribution < 1.29 is 0 Å². The number of para-hydroxylation sites is 2. The van der Waals surface area contributed by atoms with Gasteiger partial charge in [-0.15, -0.1) is 0 Å². The molecule has 0 unspecified atom stereocenters. The Kier molecular flexibility index (Phi) is 4.63. The maximum Gasteiger partial charge on any atom is 0.0492 e. The van der Waals surface area contributed by atoms with E-state index in [2.05, 4.69) is 100 Å². The molecule has 2 heteroatoms. The van der Waals surface area contributed by atoms with Crippen LogP contribution in [-0.4, -0.2) is 5.33 Å². The number of anilines is 2. The second-order valence-electron chi connectivity index (χ2n) is 6.63. The summed E-state index contributed by atoms with van der Waals surface area (Å²) in [7, 11) is 0. The van der Waals surface area contributed by atoms with E-state index >= 15 is 0 Å². The van der Waals surface area contributed by atoms with E-state index in [9.17, 15) is 0 Å². The fourth-order valence-corrected chi connectivity index (χ4v) is 4.55. The molecule has 126 valence electrons. The molecule has 0 fully saturated rings. The zero-order valence-electron chi connectivity index (χ0n) is 14.2. The summed E-state index contributed by atoms with van der Waals surface area (Å²) in [5.74, 6) is 0. The number of unbranched alkanes of at least 4 members (excludes halogenated alkanes) is 1. The van der Waals surface area contributed by atoms with Crippen LogP contribution in [0, 0.1) is 0 Å². The van der Waals surface area contributed by atoms with Gasteiger partial charge in [0.05, 0.1) is 0 Å². The molecular weight excluding hydrogens is 370 g/mol. The van der Waals surface area contributed by atoms with E-state index in [1.807, 2.05) is 0 Å². The van der Waals surface area contributed by atoms with Crippen LogP contribution in [0.2, 0.25) is 0 Å². The lowest BCUT2D eigenvalue weighted by molar-refractivity contribution is 0.528. The maximum absolute atomic E-state index is 3.65. The molecule has 0 aliphatic carbocycles. The number of alkyl halides is 1. The van der Waals surface area contributed by atoms with Crippen molar-refractivity contribution >= 4 is 27.3 Å². The highest BCUT2D eigenvalue weighted by Crippen LogP contribution is 2.52. The Hall–Kier alpha value is -2.06. The van der Waals surface area contributed by atoms with Gasteiger partial charge in [-0.1, -0.05) is 89.1 Å². The van der Waals surface area contributed by atoms with Crippen molar-refractivity contribution in [2.75, 3.05) is 10.6 Å². The highest BCUT2D eigenvalue weighted by atomic mass is 79.9. The predicted molar refractivity (Wildman–Crippen MR) is 110 cm³/mol. The third kappa shape index (κ3) is 2.79. The number of benzene rings is 3. The van der Waals surface area contributed by atoms with Crippen molar-refractivity contribution in [3.63, 3.8) is 0 Å². The molecule has 1 nitrogen and oxygen atoms in total. The molecule has 0 radical (unpaired) electrons. The van der Waals surface area contributed by atoms with Gasteiger partial charge in [-0.3, -0.25) is 0 Å². The molecule has 0 atom stereocenters. The fourth-order valence-electron chi connectivity index (χ4n) is 4.15. The second-order valence-corrected chi connectivity index (χ2v) is 7.43. The summed E-state index contributed by atoms with van der Waals surface area (Å²) in [6, 6.07) is 28.5. The van der Waals surface area contributed by atoms with Crippen molar-refractivity contribution in [3.05, 3.63) is 95.6 Å². The van der Waals surface area contributed by atoms with E-state index in [4.69, 9.17) is 0 Å². The van der Waals surface area contributed by atoms with E-state index in [-0.39, 0.29) is 5.41 Å². The minimum Gasteiger partial charge on any atom is -0.355 e. The number of fused-ring (bicyclic) bond motifs is 2. The van der Waals surface area contributed by atoms with Gasteiger partial charge in [0.1, 0.15) is 0 Å². The first kappa shape index (κ1) is 16.4. The number of nitrogens with one attached hydrogen (secondary N) is 1. The first-order valence-corrected chi connectivity index (χ1v) is 10.1. The third-order valence-electron chi connectivity index (χ3n) is 5.25. The number of rotatable bonds is 5. The van der Waals surface area contributed by atoms with Crippen LogP contribution in [0.5, 0.6) is 0 Å². The Morgan fingerprint density at radius 2 is 1.24 bits per heavy atom. The fraction of sp³-hybridized carbons (Fsp3) is 0.217. The first-order chi connectivity index (χ1) is 12.4. The third-order valence-corrected chi connectivity index (χ3v) is 5.81. The molecule has 1 aliphatic heterocycles. The van der Waals surface area contributed by atoms with Gasteiger partial charge < -0.3 is 5.32 Å². The molecule has 4 rings (SSSR count). The number of halogens is 1. The lowest BCUT2D eigenvalue weighted by Crippen LogP contribution is -2.34. The Balaban J connectivity index is 1.99. The zero-order valence-corrected chi connectivity index (χ0v) is 15.8. The number of hydrogen-bond donors (Lipinski definition) is 1. The topological polar surface area (TPSA) is 12.0 Å². The number of hydrogen-bond acceptors (Lipinski definition) is 1. The minimum absolute atomic E-state index is 0.0954. The standard InChI is InChI=1S/C23H22BrN/c24-17-9-8-16-23(18-10-2-1-3-11-18)19-12-4-6-14-21(19)25-22-15-7-5-13-20(22)23/h1-7,10-15,25H,8-9,16-17H2. The maximum atomic E-state index is 3.65. The van der Waals surface area contributed by atoms with Gasteiger partial charge in [-0.2, -0.15) is 0 Å². The molecule has 0 bridgehead atoms. The zero-order chi connectivity index (χ0) is 17.1. The summed E-state index contributed by atoms with van der Waals surface area (Å²) in [5, 5.41) is 4.70. The van der Waals surface area contributed by atoms with E-state index in [1.165, 1.54) is 40.9 Å². The van der Waals surface area contributed by atoms with Crippen LogP contribution in [0.4, 0.5) is 11.4 Å². The summed E-state index contributed by atoms with van der Waals surface area (Å²) in [6.07, 6.45) is 3.48. The Labute approximate surface area is 158 Å². The molecule has 1 heterocycles. The van der Waals surface area contributed by atoms with E-state index in [0.29, 0.717) is 0 Å². The van der Waals surface area contributed by atoms with E-state index in [1.54, 1.807) is 0 Å². The first-order valence-electron chi connectivity index (χ1n) is 8.94. The minimum atomic E-state index is -0.0954. The summed E-state index contributed by atoms with van der Waals surface area (Å²) in [5.41, 5.74) is 6.50. The largest absolute Gasteiger partial charge is 0.355 e. The lowest BCUT2D eigenvalue weighted by Gasteiger charge is -2.42. The molecule has 0 saturated heterocycles. The van der Waals surface area contributed by atoms with Gasteiger partial charge in [0.15, 0.2) is 0 Å². The molecule has 25 heavy (non-hydrogen) atoms. The average molecular weight is 392 g/mol. The molecule has 0 saturated carbocycles. The molecule has 1 N–H and O–H groups in total. The van der Waals surface area contributed by atoms with Crippen LogP contribution < -0.4 is 5.32 Å². The molecular formula is C23H22BrN. The van der Waals surface area contributed by atoms with Crippen LogP contribution in [0.3, 0.4) is 0 Å². The molecule has 3 aromatic carbocycles. The van der Waals surface area contributed by atoms with E-state index in [0.717, 1.165) is 11.8 Å². The smallest absolute Gasteiger partial charge is 0.0492 e. The van der Waals surface area contributed by atoms with Gasteiger partial charge in [0.2, 0.25) is 0 Å². The molecule has 3 aromatic rings. The van der Waals surface area contributed by atoms with Crippen molar-refractivity contribution in [2.45, 2.75) is 24.7 Å². The van der Waals surface area contributed by atoms with Crippen LogP contribution in [0.1, 0.15) is 36.0 Å². The van der Waals surface area contributed by atoms with Gasteiger partial charge in [-0.05, 0) is 41.7 Å². The van der Waals surface area contributed by atoms with Crippen LogP contribution >= 0.6 is 15.9 Å². The molecule has 0 spiro atoms. The van der Waals surface area contributed by atoms with Gasteiger partial charge >= 0.3 is 0 Å². The quantitative estimate of drug-likeness (QED) is 0.379. The summed E-state index contributed by atoms with van der Waals surface area (Å²) in [6.45, 7) is 0. The Morgan fingerprint density at radius 3 is 1.84 bits per heavy atom. The highest BCUT2D eigenvalue weighted by molar-refractivity contribution is 9.09. The van der Waals surface area contributed by atoms with Crippen LogP contribution in [0.15, 0.2) is 78.9 Å². The van der Waals surface area contributed by atoms with Gasteiger partial charge in [-0.25, -0.2) is 0 Å². The van der Waals surface area contributed by atoms with Gasteiger partial charge in [0, 0.05) is 22.1 Å². The highest BCUT2D eigenvalue weighted by Gasteiger charge is 2.41. The SMILES string of the molecule is BrCCCCC1(c2ccccc2)c2ccccc2Nc2ccccc21. The predicted octanol–water partition coefficient (Wildman–Crippen LogP) is 6.64.